The fourth-order valence-corrected chi connectivity index (χ4v) is 4.91. The van der Waals surface area contributed by atoms with Crippen LogP contribution in [0.4, 0.5) is 4.79 Å². The fraction of sp³-hybridized carbons (Fsp3) is 0.257. The SMILES string of the molecule is CC(C)C[C@H](NC(=O)OCC1c2ccccc2-c2ccccc21)C(=O)O.OCc1ccc(OCc2ccccc2)cc1. The van der Waals surface area contributed by atoms with E-state index in [1.165, 1.54) is 0 Å². The predicted molar refractivity (Wildman–Crippen MR) is 162 cm³/mol. The van der Waals surface area contributed by atoms with Gasteiger partial charge in [0.25, 0.3) is 0 Å². The number of amides is 1. The maximum atomic E-state index is 12.1. The van der Waals surface area contributed by atoms with Crippen LogP contribution in [-0.4, -0.2) is 34.9 Å². The molecular formula is C35H37NO6. The van der Waals surface area contributed by atoms with Crippen molar-refractivity contribution < 1.29 is 29.3 Å². The topological polar surface area (TPSA) is 105 Å². The minimum Gasteiger partial charge on any atom is -0.489 e. The number of alkyl carbamates (subject to hydrolysis) is 1. The van der Waals surface area contributed by atoms with E-state index in [0.717, 1.165) is 39.1 Å². The highest BCUT2D eigenvalue weighted by molar-refractivity contribution is 5.81. The molecule has 4 aromatic carbocycles. The Kier molecular flexibility index (Phi) is 10.7. The molecule has 7 nitrogen and oxygen atoms in total. The van der Waals surface area contributed by atoms with Crippen LogP contribution in [0.5, 0.6) is 5.75 Å². The van der Waals surface area contributed by atoms with Crippen LogP contribution in [-0.2, 0) is 22.7 Å². The van der Waals surface area contributed by atoms with Crippen molar-refractivity contribution in [2.45, 2.75) is 45.4 Å². The van der Waals surface area contributed by atoms with Crippen LogP contribution >= 0.6 is 0 Å². The summed E-state index contributed by atoms with van der Waals surface area (Å²) in [4.78, 5) is 23.4. The molecule has 4 aromatic rings. The van der Waals surface area contributed by atoms with E-state index in [-0.39, 0.29) is 25.0 Å². The molecule has 5 rings (SSSR count). The number of aliphatic carboxylic acids is 1. The molecule has 1 aliphatic carbocycles. The predicted octanol–water partition coefficient (Wildman–Crippen LogP) is 6.78. The van der Waals surface area contributed by atoms with Gasteiger partial charge in [0, 0.05) is 5.92 Å². The molecule has 0 aromatic heterocycles. The van der Waals surface area contributed by atoms with E-state index in [9.17, 15) is 14.7 Å². The van der Waals surface area contributed by atoms with Crippen LogP contribution in [0.3, 0.4) is 0 Å². The van der Waals surface area contributed by atoms with Crippen molar-refractivity contribution >= 4 is 12.1 Å². The average molecular weight is 568 g/mol. The first-order valence-electron chi connectivity index (χ1n) is 14.1. The van der Waals surface area contributed by atoms with Gasteiger partial charge in [-0.1, -0.05) is 105 Å². The number of aliphatic hydroxyl groups is 1. The number of hydrogen-bond acceptors (Lipinski definition) is 5. The zero-order valence-electron chi connectivity index (χ0n) is 23.9. The number of rotatable bonds is 10. The number of carboxylic acids is 1. The Morgan fingerprint density at radius 3 is 1.90 bits per heavy atom. The Hall–Kier alpha value is -4.62. The van der Waals surface area contributed by atoms with Crippen LogP contribution < -0.4 is 10.1 Å². The standard InChI is InChI=1S/C21H23NO4.C14H14O2/c1-13(2)11-19(20(23)24)22-21(25)26-12-18-16-9-5-3-7-14(16)15-8-4-6-10-17(15)18;15-10-12-6-8-14(9-7-12)16-11-13-4-2-1-3-5-13/h3-10,13,18-19H,11-12H2,1-2H3,(H,22,25)(H,23,24);1-9,15H,10-11H2/t19-;/m0./s1. The summed E-state index contributed by atoms with van der Waals surface area (Å²) < 4.78 is 11.0. The Morgan fingerprint density at radius 1 is 0.786 bits per heavy atom. The third-order valence-corrected chi connectivity index (χ3v) is 7.00. The van der Waals surface area contributed by atoms with Gasteiger partial charge in [-0.2, -0.15) is 0 Å². The molecule has 1 aliphatic rings. The summed E-state index contributed by atoms with van der Waals surface area (Å²) in [7, 11) is 0. The van der Waals surface area contributed by atoms with E-state index < -0.39 is 18.1 Å². The zero-order valence-corrected chi connectivity index (χ0v) is 23.9. The van der Waals surface area contributed by atoms with Crippen molar-refractivity contribution in [1.29, 1.82) is 0 Å². The maximum Gasteiger partial charge on any atom is 0.407 e. The van der Waals surface area contributed by atoms with Crippen molar-refractivity contribution in [3.63, 3.8) is 0 Å². The van der Waals surface area contributed by atoms with Gasteiger partial charge in [-0.05, 0) is 57.9 Å². The number of fused-ring (bicyclic) bond motifs is 3. The second kappa shape index (κ2) is 14.8. The Bertz CT molecular complexity index is 1410. The van der Waals surface area contributed by atoms with E-state index in [2.05, 4.69) is 17.4 Å². The number of benzene rings is 4. The number of ether oxygens (including phenoxy) is 2. The van der Waals surface area contributed by atoms with E-state index in [4.69, 9.17) is 14.6 Å². The summed E-state index contributed by atoms with van der Waals surface area (Å²) in [6.45, 7) is 4.64. The van der Waals surface area contributed by atoms with Crippen LogP contribution in [0.1, 0.15) is 48.4 Å². The van der Waals surface area contributed by atoms with Gasteiger partial charge < -0.3 is 25.0 Å². The van der Waals surface area contributed by atoms with Gasteiger partial charge in [-0.25, -0.2) is 9.59 Å². The minimum absolute atomic E-state index is 0.0403. The van der Waals surface area contributed by atoms with Crippen molar-refractivity contribution in [2.24, 2.45) is 5.92 Å². The third kappa shape index (κ3) is 8.21. The molecule has 1 atom stereocenters. The summed E-state index contributed by atoms with van der Waals surface area (Å²) in [5.74, 6) is -0.111. The first-order chi connectivity index (χ1) is 20.4. The van der Waals surface area contributed by atoms with Gasteiger partial charge >= 0.3 is 12.1 Å². The molecule has 0 aliphatic heterocycles. The number of carboxylic acid groups (broad SMARTS) is 1. The molecule has 0 fully saturated rings. The van der Waals surface area contributed by atoms with Crippen LogP contribution in [0.2, 0.25) is 0 Å². The lowest BCUT2D eigenvalue weighted by molar-refractivity contribution is -0.139. The molecule has 7 heteroatoms. The van der Waals surface area contributed by atoms with Gasteiger partial charge in [-0.15, -0.1) is 0 Å². The second-order valence-corrected chi connectivity index (χ2v) is 10.6. The molecule has 3 N–H and O–H groups in total. The third-order valence-electron chi connectivity index (χ3n) is 7.00. The number of carbonyl (C=O) groups is 2. The van der Waals surface area contributed by atoms with Crippen LogP contribution in [0, 0.1) is 5.92 Å². The number of nitrogens with one attached hydrogen (secondary N) is 1. The summed E-state index contributed by atoms with van der Waals surface area (Å²) in [5, 5.41) is 20.6. The minimum atomic E-state index is -1.05. The monoisotopic (exact) mass is 567 g/mol. The molecule has 0 radical (unpaired) electrons. The van der Waals surface area contributed by atoms with E-state index in [0.29, 0.717) is 13.0 Å². The molecule has 42 heavy (non-hydrogen) atoms. The molecule has 0 saturated heterocycles. The number of hydrogen-bond donors (Lipinski definition) is 3. The van der Waals surface area contributed by atoms with Crippen LogP contribution in [0.15, 0.2) is 103 Å². The molecule has 1 amide bonds. The van der Waals surface area contributed by atoms with E-state index in [1.807, 2.05) is 105 Å². The first-order valence-corrected chi connectivity index (χ1v) is 14.1. The Labute approximate surface area is 246 Å². The largest absolute Gasteiger partial charge is 0.489 e. The molecule has 0 spiro atoms. The highest BCUT2D eigenvalue weighted by atomic mass is 16.5. The summed E-state index contributed by atoms with van der Waals surface area (Å²) >= 11 is 0. The Morgan fingerprint density at radius 2 is 1.36 bits per heavy atom. The van der Waals surface area contributed by atoms with Crippen molar-refractivity contribution in [3.05, 3.63) is 125 Å². The number of carbonyl (C=O) groups excluding carboxylic acids is 1. The average Bonchev–Trinajstić information content (AvgIpc) is 3.33. The van der Waals surface area contributed by atoms with Gasteiger partial charge in [0.05, 0.1) is 6.61 Å². The second-order valence-electron chi connectivity index (χ2n) is 10.6. The van der Waals surface area contributed by atoms with Crippen molar-refractivity contribution in [2.75, 3.05) is 6.61 Å². The van der Waals surface area contributed by atoms with Gasteiger partial charge in [-0.3, -0.25) is 0 Å². The molecule has 0 bridgehead atoms. The normalized spacial score (nSPS) is 12.4. The van der Waals surface area contributed by atoms with Crippen molar-refractivity contribution in [1.82, 2.24) is 5.32 Å². The lowest BCUT2D eigenvalue weighted by atomic mass is 9.98. The quantitative estimate of drug-likeness (QED) is 0.195. The molecular weight excluding hydrogens is 530 g/mol. The lowest BCUT2D eigenvalue weighted by Gasteiger charge is -2.18. The Balaban J connectivity index is 0.000000216. The summed E-state index contributed by atoms with van der Waals surface area (Å²) in [6, 6.07) is 32.7. The molecule has 0 saturated carbocycles. The molecule has 218 valence electrons. The maximum absolute atomic E-state index is 12.1. The molecule has 0 unspecified atom stereocenters. The van der Waals surface area contributed by atoms with Crippen LogP contribution in [0.25, 0.3) is 11.1 Å². The first kappa shape index (κ1) is 30.3. The highest BCUT2D eigenvalue weighted by Crippen LogP contribution is 2.44. The van der Waals surface area contributed by atoms with E-state index >= 15 is 0 Å². The van der Waals surface area contributed by atoms with Gasteiger partial charge in [0.2, 0.25) is 0 Å². The fourth-order valence-electron chi connectivity index (χ4n) is 4.91. The number of aliphatic hydroxyl groups excluding tert-OH is 1. The highest BCUT2D eigenvalue weighted by Gasteiger charge is 2.29. The van der Waals surface area contributed by atoms with Gasteiger partial charge in [0.15, 0.2) is 0 Å². The van der Waals surface area contributed by atoms with Crippen molar-refractivity contribution in [3.8, 4) is 16.9 Å². The van der Waals surface area contributed by atoms with Gasteiger partial charge in [0.1, 0.15) is 25.0 Å². The summed E-state index contributed by atoms with van der Waals surface area (Å²) in [6.07, 6.45) is -0.334. The summed E-state index contributed by atoms with van der Waals surface area (Å²) in [5.41, 5.74) is 6.60. The smallest absolute Gasteiger partial charge is 0.407 e. The zero-order chi connectivity index (χ0) is 29.9. The molecule has 0 heterocycles. The lowest BCUT2D eigenvalue weighted by Crippen LogP contribution is -2.42. The van der Waals surface area contributed by atoms with E-state index in [1.54, 1.807) is 0 Å².